The second-order valence-corrected chi connectivity index (χ2v) is 13.6. The zero-order valence-corrected chi connectivity index (χ0v) is 22.3. The summed E-state index contributed by atoms with van der Waals surface area (Å²) >= 11 is 0. The zero-order valence-electron chi connectivity index (χ0n) is 20.6. The molecule has 4 aromatic rings. The van der Waals surface area contributed by atoms with Gasteiger partial charge in [0, 0.05) is 0 Å². The normalized spacial score (nSPS) is 11.3. The van der Waals surface area contributed by atoms with Crippen LogP contribution in [0.1, 0.15) is 22.3 Å². The molecule has 3 nitrogen and oxygen atoms in total. The van der Waals surface area contributed by atoms with Crippen molar-refractivity contribution in [1.29, 1.82) is 0 Å². The van der Waals surface area contributed by atoms with E-state index in [2.05, 4.69) is 107 Å². The first-order valence-corrected chi connectivity index (χ1v) is 15.0. The van der Waals surface area contributed by atoms with Gasteiger partial charge in [0.1, 0.15) is 33.3 Å². The van der Waals surface area contributed by atoms with E-state index >= 15 is 0 Å². The maximum absolute atomic E-state index is 10.6. The van der Waals surface area contributed by atoms with E-state index in [-0.39, 0.29) is 4.90 Å². The summed E-state index contributed by atoms with van der Waals surface area (Å²) in [5, 5.41) is 4.32. The van der Waals surface area contributed by atoms with Gasteiger partial charge >= 0.3 is 0 Å². The summed E-state index contributed by atoms with van der Waals surface area (Å²) < 4.78 is 31.8. The highest BCUT2D eigenvalue weighted by atomic mass is 32.2. The SMILES string of the molecule is C=Cc1ccccc1S(=O)(=O)[O-].Cc1ccc([P+](C)(c2ccc(C)cc2)c2ccc(C)cc2)cc1. The smallest absolute Gasteiger partial charge is 0.125 e. The molecule has 0 unspecified atom stereocenters. The Bertz CT molecular complexity index is 1280. The van der Waals surface area contributed by atoms with Gasteiger partial charge in [0.25, 0.3) is 0 Å². The molecule has 0 amide bonds. The molecule has 5 heteroatoms. The minimum Gasteiger partial charge on any atom is -0.744 e. The molecule has 0 aliphatic carbocycles. The van der Waals surface area contributed by atoms with E-state index in [1.165, 1.54) is 56.9 Å². The molecule has 0 saturated carbocycles. The van der Waals surface area contributed by atoms with Gasteiger partial charge in [0.05, 0.1) is 11.6 Å². The first kappa shape index (κ1) is 26.6. The van der Waals surface area contributed by atoms with Crippen molar-refractivity contribution in [3.63, 3.8) is 0 Å². The molecule has 0 bridgehead atoms. The molecule has 0 heterocycles. The van der Waals surface area contributed by atoms with Gasteiger partial charge in [-0.1, -0.05) is 83.9 Å². The van der Waals surface area contributed by atoms with Gasteiger partial charge in [0.2, 0.25) is 0 Å². The Labute approximate surface area is 210 Å². The van der Waals surface area contributed by atoms with E-state index in [9.17, 15) is 13.0 Å². The van der Waals surface area contributed by atoms with Crippen molar-refractivity contribution in [2.24, 2.45) is 0 Å². The Morgan fingerprint density at radius 1 is 0.657 bits per heavy atom. The summed E-state index contributed by atoms with van der Waals surface area (Å²) in [6.07, 6.45) is 1.34. The minimum atomic E-state index is -4.37. The van der Waals surface area contributed by atoms with Crippen molar-refractivity contribution in [3.8, 4) is 0 Å². The lowest BCUT2D eigenvalue weighted by Gasteiger charge is -2.23. The summed E-state index contributed by atoms with van der Waals surface area (Å²) in [7, 11) is -5.95. The zero-order chi connectivity index (χ0) is 25.6. The quantitative estimate of drug-likeness (QED) is 0.257. The van der Waals surface area contributed by atoms with Crippen LogP contribution in [-0.2, 0) is 10.1 Å². The van der Waals surface area contributed by atoms with E-state index in [0.29, 0.717) is 5.56 Å². The van der Waals surface area contributed by atoms with Crippen LogP contribution < -0.4 is 15.9 Å². The molecule has 0 aliphatic heterocycles. The monoisotopic (exact) mass is 502 g/mol. The average Bonchev–Trinajstić information content (AvgIpc) is 2.85. The molecule has 0 N–H and O–H groups in total. The lowest BCUT2D eigenvalue weighted by molar-refractivity contribution is 0.463. The molecule has 0 atom stereocenters. The van der Waals surface area contributed by atoms with Crippen LogP contribution in [0.2, 0.25) is 0 Å². The van der Waals surface area contributed by atoms with Crippen molar-refractivity contribution in [1.82, 2.24) is 0 Å². The molecule has 180 valence electrons. The Balaban J connectivity index is 0.000000241. The third-order valence-corrected chi connectivity index (χ3v) is 11.0. The van der Waals surface area contributed by atoms with Crippen molar-refractivity contribution >= 4 is 39.4 Å². The molecular formula is C30H31O3PS. The van der Waals surface area contributed by atoms with Crippen LogP contribution in [0.3, 0.4) is 0 Å². The summed E-state index contributed by atoms with van der Waals surface area (Å²) in [5.74, 6) is 0. The van der Waals surface area contributed by atoms with Crippen LogP contribution in [0.5, 0.6) is 0 Å². The number of aryl methyl sites for hydroxylation is 3. The third-order valence-electron chi connectivity index (χ3n) is 6.06. The molecular weight excluding hydrogens is 471 g/mol. The predicted octanol–water partition coefficient (Wildman–Crippen LogP) is 5.77. The molecule has 0 radical (unpaired) electrons. The molecule has 4 rings (SSSR count). The fourth-order valence-electron chi connectivity index (χ4n) is 3.85. The summed E-state index contributed by atoms with van der Waals surface area (Å²) in [5.41, 5.74) is 4.28. The first-order chi connectivity index (χ1) is 16.6. The summed E-state index contributed by atoms with van der Waals surface area (Å²) in [4.78, 5) is -0.222. The third kappa shape index (κ3) is 6.35. The lowest BCUT2D eigenvalue weighted by atomic mass is 10.2. The largest absolute Gasteiger partial charge is 0.744 e. The molecule has 0 spiro atoms. The van der Waals surface area contributed by atoms with Gasteiger partial charge in [-0.3, -0.25) is 0 Å². The average molecular weight is 503 g/mol. The Hall–Kier alpha value is -3.04. The van der Waals surface area contributed by atoms with E-state index in [4.69, 9.17) is 0 Å². The lowest BCUT2D eigenvalue weighted by Crippen LogP contribution is -2.30. The molecule has 0 aliphatic rings. The van der Waals surface area contributed by atoms with Crippen molar-refractivity contribution < 1.29 is 13.0 Å². The molecule has 0 saturated heterocycles. The van der Waals surface area contributed by atoms with E-state index in [0.717, 1.165) is 0 Å². The second-order valence-electron chi connectivity index (χ2n) is 8.71. The topological polar surface area (TPSA) is 57.2 Å². The molecule has 4 aromatic carbocycles. The van der Waals surface area contributed by atoms with E-state index in [1.54, 1.807) is 6.07 Å². The van der Waals surface area contributed by atoms with E-state index in [1.807, 2.05) is 0 Å². The van der Waals surface area contributed by atoms with Crippen molar-refractivity contribution in [2.45, 2.75) is 25.7 Å². The van der Waals surface area contributed by atoms with Crippen LogP contribution in [0.15, 0.2) is 109 Å². The summed E-state index contributed by atoms with van der Waals surface area (Å²) in [6.45, 7) is 12.3. The van der Waals surface area contributed by atoms with Gasteiger partial charge in [0.15, 0.2) is 0 Å². The Morgan fingerprint density at radius 2 is 1.00 bits per heavy atom. The molecule has 35 heavy (non-hydrogen) atoms. The van der Waals surface area contributed by atoms with Crippen LogP contribution >= 0.6 is 7.26 Å². The van der Waals surface area contributed by atoms with E-state index < -0.39 is 17.4 Å². The van der Waals surface area contributed by atoms with Crippen LogP contribution in [-0.4, -0.2) is 19.6 Å². The number of hydrogen-bond acceptors (Lipinski definition) is 3. The van der Waals surface area contributed by atoms with Crippen LogP contribution in [0.4, 0.5) is 0 Å². The maximum Gasteiger partial charge on any atom is 0.125 e. The number of benzene rings is 4. The highest BCUT2D eigenvalue weighted by molar-refractivity contribution is 7.95. The highest BCUT2D eigenvalue weighted by Crippen LogP contribution is 2.51. The second kappa shape index (κ2) is 11.1. The molecule has 0 aromatic heterocycles. The molecule has 0 fully saturated rings. The van der Waals surface area contributed by atoms with Crippen LogP contribution in [0.25, 0.3) is 6.08 Å². The van der Waals surface area contributed by atoms with Gasteiger partial charge in [-0.2, -0.15) is 0 Å². The van der Waals surface area contributed by atoms with Gasteiger partial charge in [-0.05, 0) is 68.8 Å². The Kier molecular flexibility index (Phi) is 8.45. The van der Waals surface area contributed by atoms with Gasteiger partial charge in [-0.25, -0.2) is 8.42 Å². The van der Waals surface area contributed by atoms with Crippen LogP contribution in [0, 0.1) is 20.8 Å². The first-order valence-electron chi connectivity index (χ1n) is 11.3. The highest BCUT2D eigenvalue weighted by Gasteiger charge is 2.39. The minimum absolute atomic E-state index is 0.222. The fraction of sp³-hybridized carbons (Fsp3) is 0.133. The Morgan fingerprint density at radius 3 is 1.29 bits per heavy atom. The number of hydrogen-bond donors (Lipinski definition) is 0. The number of rotatable bonds is 5. The van der Waals surface area contributed by atoms with Crippen molar-refractivity contribution in [2.75, 3.05) is 6.66 Å². The summed E-state index contributed by atoms with van der Waals surface area (Å²) in [6, 6.07) is 33.2. The standard InChI is InChI=1S/C22H24P.C8H8O3S/c1-17-5-11-20(12-6-17)23(4,21-13-7-18(2)8-14-21)22-15-9-19(3)10-16-22;1-2-7-5-3-4-6-8(7)12(9,10)11/h5-16H,1-4H3;2-6H,1H2,(H,9,10,11)/q+1;/p-1. The van der Waals surface area contributed by atoms with Crippen molar-refractivity contribution in [3.05, 3.63) is 126 Å². The van der Waals surface area contributed by atoms with Gasteiger partial charge < -0.3 is 4.55 Å². The fourth-order valence-corrected chi connectivity index (χ4v) is 7.67. The maximum atomic E-state index is 10.6. The van der Waals surface area contributed by atoms with Gasteiger partial charge in [-0.15, -0.1) is 0 Å². The predicted molar refractivity (Wildman–Crippen MR) is 150 cm³/mol.